The van der Waals surface area contributed by atoms with Crippen LogP contribution in [0, 0.1) is 0 Å². The number of benzene rings is 1. The van der Waals surface area contributed by atoms with Gasteiger partial charge in [-0.3, -0.25) is 8.42 Å². The Morgan fingerprint density at radius 1 is 1.27 bits per heavy atom. The van der Waals surface area contributed by atoms with Gasteiger partial charge in [0.1, 0.15) is 5.75 Å². The molecule has 0 aromatic heterocycles. The van der Waals surface area contributed by atoms with Crippen molar-refractivity contribution in [2.45, 2.75) is 0 Å². The molecule has 0 saturated heterocycles. The molecule has 0 saturated carbocycles. The van der Waals surface area contributed by atoms with E-state index in [0.29, 0.717) is 17.1 Å². The highest BCUT2D eigenvalue weighted by Crippen LogP contribution is 2.22. The Kier molecular flexibility index (Phi) is 4.85. The van der Waals surface area contributed by atoms with Gasteiger partial charge in [0.2, 0.25) is 0 Å². The van der Waals surface area contributed by atoms with Crippen LogP contribution in [0.5, 0.6) is 5.75 Å². The average molecular weight is 234 g/mol. The molecule has 15 heavy (non-hydrogen) atoms. The third kappa shape index (κ3) is 7.55. The first kappa shape index (κ1) is 13.5. The van der Waals surface area contributed by atoms with Gasteiger partial charge >= 0.3 is 0 Å². The Bertz CT molecular complexity index is 409. The van der Waals surface area contributed by atoms with E-state index >= 15 is 0 Å². The van der Waals surface area contributed by atoms with Crippen molar-refractivity contribution in [1.29, 1.82) is 0 Å². The Morgan fingerprint density at radius 2 is 1.73 bits per heavy atom. The lowest BCUT2D eigenvalue weighted by Crippen LogP contribution is -1.93. The maximum Gasteiger partial charge on any atom is 0.141 e. The SMILES string of the molecule is COc1ccc(N)cc1N.O=S(=O)([O-])[O-]. The summed E-state index contributed by atoms with van der Waals surface area (Å²) in [5.41, 5.74) is 12.2. The first-order chi connectivity index (χ1) is 6.74. The van der Waals surface area contributed by atoms with Crippen molar-refractivity contribution in [3.05, 3.63) is 18.2 Å². The highest BCUT2D eigenvalue weighted by atomic mass is 32.3. The Balaban J connectivity index is 0.000000336. The summed E-state index contributed by atoms with van der Waals surface area (Å²) in [4.78, 5) is 0. The number of rotatable bonds is 1. The average Bonchev–Trinajstić information content (AvgIpc) is 2.01. The molecular formula is C7H10N2O5S-2. The molecule has 0 atom stereocenters. The summed E-state index contributed by atoms with van der Waals surface area (Å²) in [5, 5.41) is 0. The van der Waals surface area contributed by atoms with Gasteiger partial charge in [-0.2, -0.15) is 0 Å². The smallest absolute Gasteiger partial charge is 0.141 e. The fourth-order valence-electron chi connectivity index (χ4n) is 0.753. The minimum Gasteiger partial charge on any atom is -0.759 e. The van der Waals surface area contributed by atoms with E-state index < -0.39 is 10.4 Å². The van der Waals surface area contributed by atoms with Crippen LogP contribution >= 0.6 is 0 Å². The number of ether oxygens (including phenoxy) is 1. The van der Waals surface area contributed by atoms with Gasteiger partial charge in [-0.1, -0.05) is 0 Å². The number of methoxy groups -OCH3 is 1. The number of hydrogen-bond acceptors (Lipinski definition) is 7. The summed E-state index contributed by atoms with van der Waals surface area (Å²) in [6, 6.07) is 5.15. The molecule has 0 heterocycles. The Labute approximate surface area is 87.2 Å². The standard InChI is InChI=1S/C7H10N2O.H2O4S/c1-10-7-3-2-5(8)4-6(7)9;1-5(2,3)4/h2-4H,8-9H2,1H3;(H2,1,2,3,4)/p-2. The fraction of sp³-hybridized carbons (Fsp3) is 0.143. The Morgan fingerprint density at radius 3 is 2.07 bits per heavy atom. The van der Waals surface area contributed by atoms with Crippen LogP contribution in [-0.4, -0.2) is 24.6 Å². The number of anilines is 2. The summed E-state index contributed by atoms with van der Waals surface area (Å²) in [6.45, 7) is 0. The maximum absolute atomic E-state index is 8.52. The zero-order valence-corrected chi connectivity index (χ0v) is 8.65. The molecule has 86 valence electrons. The van der Waals surface area contributed by atoms with E-state index in [1.165, 1.54) is 0 Å². The van der Waals surface area contributed by atoms with E-state index in [-0.39, 0.29) is 0 Å². The molecule has 0 fully saturated rings. The molecule has 0 aliphatic rings. The van der Waals surface area contributed by atoms with Crippen molar-refractivity contribution in [3.8, 4) is 5.75 Å². The molecule has 0 aliphatic carbocycles. The van der Waals surface area contributed by atoms with Gasteiger partial charge in [-0.25, -0.2) is 0 Å². The lowest BCUT2D eigenvalue weighted by molar-refractivity contribution is 0.352. The minimum atomic E-state index is -5.17. The van der Waals surface area contributed by atoms with Crippen LogP contribution in [0.4, 0.5) is 11.4 Å². The Hall–Kier alpha value is -1.51. The molecule has 0 amide bonds. The van der Waals surface area contributed by atoms with Gasteiger partial charge in [-0.15, -0.1) is 0 Å². The van der Waals surface area contributed by atoms with Crippen LogP contribution in [0.2, 0.25) is 0 Å². The third-order valence-corrected chi connectivity index (χ3v) is 1.25. The molecule has 0 bridgehead atoms. The van der Waals surface area contributed by atoms with Crippen molar-refractivity contribution in [1.82, 2.24) is 0 Å². The topological polar surface area (TPSA) is 142 Å². The number of hydrogen-bond donors (Lipinski definition) is 2. The molecule has 4 N–H and O–H groups in total. The van der Waals surface area contributed by atoms with Gasteiger partial charge < -0.3 is 25.3 Å². The van der Waals surface area contributed by atoms with E-state index in [2.05, 4.69) is 0 Å². The molecule has 8 heteroatoms. The molecule has 7 nitrogen and oxygen atoms in total. The van der Waals surface area contributed by atoms with Gasteiger partial charge in [0.25, 0.3) is 0 Å². The van der Waals surface area contributed by atoms with E-state index in [9.17, 15) is 0 Å². The number of nitrogen functional groups attached to an aromatic ring is 2. The zero-order chi connectivity index (χ0) is 12.1. The molecule has 0 unspecified atom stereocenters. The van der Waals surface area contributed by atoms with Gasteiger partial charge in [0, 0.05) is 16.1 Å². The summed E-state index contributed by atoms with van der Waals surface area (Å²) in [6.07, 6.45) is 0. The molecule has 1 aromatic rings. The van der Waals surface area contributed by atoms with Crippen LogP contribution in [-0.2, 0) is 10.4 Å². The second kappa shape index (κ2) is 5.39. The monoisotopic (exact) mass is 234 g/mol. The van der Waals surface area contributed by atoms with Crippen molar-refractivity contribution >= 4 is 21.8 Å². The minimum absolute atomic E-state index is 0.572. The van der Waals surface area contributed by atoms with Crippen LogP contribution in [0.3, 0.4) is 0 Å². The lowest BCUT2D eigenvalue weighted by atomic mass is 10.2. The predicted molar refractivity (Wildman–Crippen MR) is 52.3 cm³/mol. The summed E-state index contributed by atoms with van der Waals surface area (Å²) < 4.78 is 39.0. The second-order valence-corrected chi connectivity index (χ2v) is 3.23. The van der Waals surface area contributed by atoms with Gasteiger partial charge in [0.15, 0.2) is 0 Å². The quantitative estimate of drug-likeness (QED) is 0.379. The molecule has 1 aromatic carbocycles. The molecule has 0 radical (unpaired) electrons. The number of nitrogens with two attached hydrogens (primary N) is 2. The second-order valence-electron chi connectivity index (χ2n) is 2.41. The van der Waals surface area contributed by atoms with E-state index in [4.69, 9.17) is 33.7 Å². The van der Waals surface area contributed by atoms with Crippen molar-refractivity contribution in [2.24, 2.45) is 0 Å². The third-order valence-electron chi connectivity index (χ3n) is 1.25. The largest absolute Gasteiger partial charge is 0.759 e. The van der Waals surface area contributed by atoms with Crippen LogP contribution in [0.25, 0.3) is 0 Å². The highest BCUT2D eigenvalue weighted by molar-refractivity contribution is 7.79. The first-order valence-corrected chi connectivity index (χ1v) is 4.93. The van der Waals surface area contributed by atoms with Crippen molar-refractivity contribution < 1.29 is 22.3 Å². The summed E-state index contributed by atoms with van der Waals surface area (Å²) in [5.74, 6) is 0.661. The normalized spacial score (nSPS) is 10.1. The summed E-state index contributed by atoms with van der Waals surface area (Å²) in [7, 11) is -3.60. The molecular weight excluding hydrogens is 224 g/mol. The van der Waals surface area contributed by atoms with E-state index in [0.717, 1.165) is 0 Å². The summed E-state index contributed by atoms with van der Waals surface area (Å²) >= 11 is 0. The van der Waals surface area contributed by atoms with Gasteiger partial charge in [0.05, 0.1) is 12.8 Å². The predicted octanol–water partition coefficient (Wildman–Crippen LogP) is -0.478. The molecule has 0 spiro atoms. The molecule has 0 aliphatic heterocycles. The first-order valence-electron chi connectivity index (χ1n) is 3.59. The fourth-order valence-corrected chi connectivity index (χ4v) is 0.753. The highest BCUT2D eigenvalue weighted by Gasteiger charge is 1.96. The van der Waals surface area contributed by atoms with Crippen molar-refractivity contribution in [2.75, 3.05) is 18.6 Å². The van der Waals surface area contributed by atoms with Crippen LogP contribution in [0.1, 0.15) is 0 Å². The van der Waals surface area contributed by atoms with Crippen LogP contribution < -0.4 is 16.2 Å². The van der Waals surface area contributed by atoms with Gasteiger partial charge in [-0.05, 0) is 18.2 Å². The molecule has 1 rings (SSSR count). The van der Waals surface area contributed by atoms with E-state index in [1.54, 1.807) is 25.3 Å². The zero-order valence-electron chi connectivity index (χ0n) is 7.84. The van der Waals surface area contributed by atoms with Crippen LogP contribution in [0.15, 0.2) is 18.2 Å². The lowest BCUT2D eigenvalue weighted by Gasteiger charge is -2.06. The maximum atomic E-state index is 8.52. The van der Waals surface area contributed by atoms with Crippen molar-refractivity contribution in [3.63, 3.8) is 0 Å². The van der Waals surface area contributed by atoms with E-state index in [1.807, 2.05) is 0 Å².